The van der Waals surface area contributed by atoms with Gasteiger partial charge in [-0.15, -0.1) is 0 Å². The van der Waals surface area contributed by atoms with Crippen LogP contribution in [0.5, 0.6) is 0 Å². The number of hydrogen-bond acceptors (Lipinski definition) is 2. The number of halogens is 3. The summed E-state index contributed by atoms with van der Waals surface area (Å²) in [4.78, 5) is 4.41. The average molecular weight is 344 g/mol. The zero-order valence-electron chi connectivity index (χ0n) is 11.7. The number of aromatic nitrogens is 1. The summed E-state index contributed by atoms with van der Waals surface area (Å²) in [6.45, 7) is 3.03. The molecule has 0 amide bonds. The number of nitrogens with one attached hydrogen (secondary N) is 1. The third-order valence-electron chi connectivity index (χ3n) is 3.18. The van der Waals surface area contributed by atoms with Crippen molar-refractivity contribution in [2.75, 3.05) is 6.54 Å². The van der Waals surface area contributed by atoms with Crippen LogP contribution >= 0.6 is 34.8 Å². The molecule has 0 aliphatic heterocycles. The van der Waals surface area contributed by atoms with E-state index in [2.05, 4.69) is 17.2 Å². The quantitative estimate of drug-likeness (QED) is 0.767. The first kappa shape index (κ1) is 16.6. The summed E-state index contributed by atoms with van der Waals surface area (Å²) < 4.78 is 0. The molecule has 2 rings (SSSR count). The third-order valence-corrected chi connectivity index (χ3v) is 4.24. The molecule has 0 aliphatic rings. The minimum Gasteiger partial charge on any atom is -0.308 e. The van der Waals surface area contributed by atoms with Gasteiger partial charge >= 0.3 is 0 Å². The van der Waals surface area contributed by atoms with Crippen LogP contribution < -0.4 is 5.32 Å². The average Bonchev–Trinajstić information content (AvgIpc) is 2.48. The van der Waals surface area contributed by atoms with Crippen molar-refractivity contribution in [3.63, 3.8) is 0 Å². The first-order chi connectivity index (χ1) is 10.1. The summed E-state index contributed by atoms with van der Waals surface area (Å²) in [5.74, 6) is 0. The van der Waals surface area contributed by atoms with Crippen LogP contribution in [-0.2, 0) is 6.42 Å². The van der Waals surface area contributed by atoms with Gasteiger partial charge < -0.3 is 5.32 Å². The van der Waals surface area contributed by atoms with E-state index in [1.165, 1.54) is 0 Å². The molecule has 1 heterocycles. The number of hydrogen-bond donors (Lipinski definition) is 1. The number of benzene rings is 1. The van der Waals surface area contributed by atoms with Gasteiger partial charge in [-0.3, -0.25) is 4.98 Å². The van der Waals surface area contributed by atoms with Crippen molar-refractivity contribution in [1.29, 1.82) is 0 Å². The lowest BCUT2D eigenvalue weighted by atomic mass is 10.0. The Hall–Kier alpha value is -0.800. The molecule has 1 aromatic heterocycles. The van der Waals surface area contributed by atoms with E-state index in [0.717, 1.165) is 30.6 Å². The minimum absolute atomic E-state index is 0.0518. The maximum Gasteiger partial charge on any atom is 0.0762 e. The fraction of sp³-hybridized carbons (Fsp3) is 0.312. The summed E-state index contributed by atoms with van der Waals surface area (Å²) in [5.41, 5.74) is 1.96. The van der Waals surface area contributed by atoms with E-state index in [-0.39, 0.29) is 6.04 Å². The summed E-state index contributed by atoms with van der Waals surface area (Å²) in [5, 5.41) is 5.29. The molecule has 1 aromatic carbocycles. The smallest absolute Gasteiger partial charge is 0.0762 e. The van der Waals surface area contributed by atoms with Crippen molar-refractivity contribution in [2.45, 2.75) is 25.8 Å². The Kier molecular flexibility index (Phi) is 6.31. The largest absolute Gasteiger partial charge is 0.308 e. The molecule has 0 bridgehead atoms. The van der Waals surface area contributed by atoms with E-state index in [9.17, 15) is 0 Å². The van der Waals surface area contributed by atoms with Crippen LogP contribution in [0.15, 0.2) is 36.5 Å². The molecule has 112 valence electrons. The van der Waals surface area contributed by atoms with Crippen LogP contribution in [0.2, 0.25) is 15.1 Å². The van der Waals surface area contributed by atoms with Crippen LogP contribution in [-0.4, -0.2) is 11.5 Å². The highest BCUT2D eigenvalue weighted by molar-refractivity contribution is 6.42. The van der Waals surface area contributed by atoms with Gasteiger partial charge in [0.2, 0.25) is 0 Å². The van der Waals surface area contributed by atoms with Crippen molar-refractivity contribution in [2.24, 2.45) is 0 Å². The van der Waals surface area contributed by atoms with Gasteiger partial charge in [0.05, 0.1) is 26.8 Å². The van der Waals surface area contributed by atoms with Gasteiger partial charge in [0.15, 0.2) is 0 Å². The van der Waals surface area contributed by atoms with E-state index < -0.39 is 0 Å². The van der Waals surface area contributed by atoms with Crippen LogP contribution in [0.4, 0.5) is 0 Å². The zero-order valence-corrected chi connectivity index (χ0v) is 14.0. The summed E-state index contributed by atoms with van der Waals surface area (Å²) in [6.07, 6.45) is 3.56. The first-order valence-corrected chi connectivity index (χ1v) is 8.03. The molecule has 21 heavy (non-hydrogen) atoms. The minimum atomic E-state index is 0.0518. The molecule has 0 fully saturated rings. The molecule has 2 aromatic rings. The molecule has 0 aliphatic carbocycles. The predicted octanol–water partition coefficient (Wildman–Crippen LogP) is 5.33. The standard InChI is InChI=1S/C16H17Cl3N2/c1-2-7-20-15(16-13(18)4-3-8-21-16)10-11-5-6-12(17)14(19)9-11/h3-6,8-9,15,20H,2,7,10H2,1H3. The predicted molar refractivity (Wildman–Crippen MR) is 90.4 cm³/mol. The fourth-order valence-corrected chi connectivity index (χ4v) is 2.71. The Bertz CT molecular complexity index is 602. The van der Waals surface area contributed by atoms with Crippen LogP contribution in [0.1, 0.15) is 30.6 Å². The lowest BCUT2D eigenvalue weighted by Gasteiger charge is -2.19. The Morgan fingerprint density at radius 3 is 2.57 bits per heavy atom. The first-order valence-electron chi connectivity index (χ1n) is 6.89. The number of pyridine rings is 1. The number of rotatable bonds is 6. The second kappa shape index (κ2) is 8.00. The molecule has 1 N–H and O–H groups in total. The summed E-state index contributed by atoms with van der Waals surface area (Å²) >= 11 is 18.3. The van der Waals surface area contributed by atoms with E-state index in [1.54, 1.807) is 6.20 Å². The van der Waals surface area contributed by atoms with Crippen LogP contribution in [0.3, 0.4) is 0 Å². The van der Waals surface area contributed by atoms with Gasteiger partial charge in [0.25, 0.3) is 0 Å². The maximum atomic E-state index is 6.27. The van der Waals surface area contributed by atoms with Gasteiger partial charge in [-0.2, -0.15) is 0 Å². The van der Waals surface area contributed by atoms with Crippen molar-refractivity contribution in [3.05, 3.63) is 62.9 Å². The van der Waals surface area contributed by atoms with Crippen molar-refractivity contribution in [3.8, 4) is 0 Å². The van der Waals surface area contributed by atoms with Crippen molar-refractivity contribution < 1.29 is 0 Å². The molecule has 0 spiro atoms. The Balaban J connectivity index is 2.24. The molecule has 5 heteroatoms. The van der Waals surface area contributed by atoms with E-state index in [4.69, 9.17) is 34.8 Å². The molecule has 2 nitrogen and oxygen atoms in total. The normalized spacial score (nSPS) is 12.4. The highest BCUT2D eigenvalue weighted by atomic mass is 35.5. The van der Waals surface area contributed by atoms with Gasteiger partial charge in [-0.25, -0.2) is 0 Å². The maximum absolute atomic E-state index is 6.27. The molecule has 1 unspecified atom stereocenters. The summed E-state index contributed by atoms with van der Waals surface area (Å²) in [6, 6.07) is 9.43. The van der Waals surface area contributed by atoms with E-state index >= 15 is 0 Å². The lowest BCUT2D eigenvalue weighted by Crippen LogP contribution is -2.25. The number of nitrogens with zero attached hydrogens (tertiary/aromatic N) is 1. The monoisotopic (exact) mass is 342 g/mol. The van der Waals surface area contributed by atoms with E-state index in [1.807, 2.05) is 30.3 Å². The molecular formula is C16H17Cl3N2. The van der Waals surface area contributed by atoms with Gasteiger partial charge in [-0.1, -0.05) is 47.8 Å². The topological polar surface area (TPSA) is 24.9 Å². The van der Waals surface area contributed by atoms with Crippen molar-refractivity contribution >= 4 is 34.8 Å². The zero-order chi connectivity index (χ0) is 15.2. The van der Waals surface area contributed by atoms with Crippen LogP contribution in [0.25, 0.3) is 0 Å². The highest BCUT2D eigenvalue weighted by Crippen LogP contribution is 2.27. The Labute approximate surface area is 140 Å². The van der Waals surface area contributed by atoms with Gasteiger partial charge in [-0.05, 0) is 49.2 Å². The highest BCUT2D eigenvalue weighted by Gasteiger charge is 2.16. The Morgan fingerprint density at radius 1 is 1.10 bits per heavy atom. The SMILES string of the molecule is CCCNC(Cc1ccc(Cl)c(Cl)c1)c1ncccc1Cl. The molecule has 0 saturated carbocycles. The van der Waals surface area contributed by atoms with Gasteiger partial charge in [0.1, 0.15) is 0 Å². The second-order valence-electron chi connectivity index (χ2n) is 4.83. The lowest BCUT2D eigenvalue weighted by molar-refractivity contribution is 0.518. The van der Waals surface area contributed by atoms with Gasteiger partial charge in [0, 0.05) is 6.20 Å². The van der Waals surface area contributed by atoms with Crippen molar-refractivity contribution in [1.82, 2.24) is 10.3 Å². The fourth-order valence-electron chi connectivity index (χ4n) is 2.14. The third kappa shape index (κ3) is 4.58. The molecular weight excluding hydrogens is 327 g/mol. The summed E-state index contributed by atoms with van der Waals surface area (Å²) in [7, 11) is 0. The second-order valence-corrected chi connectivity index (χ2v) is 6.05. The van der Waals surface area contributed by atoms with Crippen LogP contribution in [0, 0.1) is 0 Å². The molecule has 0 radical (unpaired) electrons. The van der Waals surface area contributed by atoms with E-state index in [0.29, 0.717) is 15.1 Å². The molecule has 0 saturated heterocycles. The molecule has 1 atom stereocenters. The Morgan fingerprint density at radius 2 is 1.90 bits per heavy atom.